The molecule has 2 aromatic rings. The highest BCUT2D eigenvalue weighted by Gasteiger charge is 2.10. The third-order valence-corrected chi connectivity index (χ3v) is 3.02. The standard InChI is InChI=1S/C17H18N2O2/c1-2-15-9-10-16(21-15)17(20)19-12-14-7-4-3-6-13(14)8-5-11-18/h3-4,6-7,9-10H,2,11-12,18H2,1H3,(H,19,20). The number of amides is 1. The summed E-state index contributed by atoms with van der Waals surface area (Å²) in [5.41, 5.74) is 7.21. The Balaban J connectivity index is 2.04. The third-order valence-electron chi connectivity index (χ3n) is 3.02. The van der Waals surface area contributed by atoms with Crippen molar-refractivity contribution in [1.82, 2.24) is 5.32 Å². The number of aryl methyl sites for hydroxylation is 1. The van der Waals surface area contributed by atoms with Gasteiger partial charge < -0.3 is 15.5 Å². The summed E-state index contributed by atoms with van der Waals surface area (Å²) in [6.07, 6.45) is 0.769. The van der Waals surface area contributed by atoms with Crippen molar-refractivity contribution < 1.29 is 9.21 Å². The van der Waals surface area contributed by atoms with Crippen molar-refractivity contribution in [3.05, 3.63) is 59.0 Å². The topological polar surface area (TPSA) is 68.3 Å². The minimum Gasteiger partial charge on any atom is -0.456 e. The molecule has 0 unspecified atom stereocenters. The second-order valence-corrected chi connectivity index (χ2v) is 4.47. The maximum atomic E-state index is 12.0. The summed E-state index contributed by atoms with van der Waals surface area (Å²) in [6, 6.07) is 11.2. The lowest BCUT2D eigenvalue weighted by atomic mass is 10.1. The van der Waals surface area contributed by atoms with Gasteiger partial charge in [0.1, 0.15) is 5.76 Å². The van der Waals surface area contributed by atoms with E-state index < -0.39 is 0 Å². The summed E-state index contributed by atoms with van der Waals surface area (Å²) >= 11 is 0. The molecule has 0 aliphatic heterocycles. The van der Waals surface area contributed by atoms with Gasteiger partial charge in [-0.1, -0.05) is 37.0 Å². The Labute approximate surface area is 124 Å². The molecule has 4 nitrogen and oxygen atoms in total. The lowest BCUT2D eigenvalue weighted by molar-refractivity contribution is 0.0921. The molecule has 2 rings (SSSR count). The molecular formula is C17H18N2O2. The first kappa shape index (κ1) is 14.9. The van der Waals surface area contributed by atoms with Crippen molar-refractivity contribution in [2.75, 3.05) is 6.54 Å². The first-order chi connectivity index (χ1) is 10.2. The molecule has 1 heterocycles. The van der Waals surface area contributed by atoms with Crippen LogP contribution < -0.4 is 11.1 Å². The zero-order chi connectivity index (χ0) is 15.1. The van der Waals surface area contributed by atoms with E-state index >= 15 is 0 Å². The lowest BCUT2D eigenvalue weighted by Crippen LogP contribution is -2.22. The Morgan fingerprint density at radius 1 is 1.29 bits per heavy atom. The zero-order valence-corrected chi connectivity index (χ0v) is 12.0. The van der Waals surface area contributed by atoms with E-state index in [0.29, 0.717) is 18.8 Å². The molecule has 0 aliphatic rings. The Morgan fingerprint density at radius 2 is 2.10 bits per heavy atom. The van der Waals surface area contributed by atoms with E-state index in [1.165, 1.54) is 0 Å². The molecule has 0 spiro atoms. The van der Waals surface area contributed by atoms with Gasteiger partial charge in [0.25, 0.3) is 5.91 Å². The van der Waals surface area contributed by atoms with Crippen molar-refractivity contribution in [2.45, 2.75) is 19.9 Å². The largest absolute Gasteiger partial charge is 0.456 e. The van der Waals surface area contributed by atoms with Crippen LogP contribution >= 0.6 is 0 Å². The van der Waals surface area contributed by atoms with Gasteiger partial charge in [0.05, 0.1) is 6.54 Å². The second-order valence-electron chi connectivity index (χ2n) is 4.47. The SMILES string of the molecule is CCc1ccc(C(=O)NCc2ccccc2C#CCN)o1. The van der Waals surface area contributed by atoms with E-state index in [4.69, 9.17) is 10.2 Å². The van der Waals surface area contributed by atoms with E-state index in [1.807, 2.05) is 37.3 Å². The van der Waals surface area contributed by atoms with Gasteiger partial charge >= 0.3 is 0 Å². The van der Waals surface area contributed by atoms with Gasteiger partial charge in [-0.15, -0.1) is 0 Å². The fraction of sp³-hybridized carbons (Fsp3) is 0.235. The van der Waals surface area contributed by atoms with Crippen molar-refractivity contribution >= 4 is 5.91 Å². The van der Waals surface area contributed by atoms with Crippen molar-refractivity contribution in [3.8, 4) is 11.8 Å². The van der Waals surface area contributed by atoms with Gasteiger partial charge in [-0.25, -0.2) is 0 Å². The molecule has 1 aromatic carbocycles. The number of carbonyl (C=O) groups excluding carboxylic acids is 1. The first-order valence-electron chi connectivity index (χ1n) is 6.88. The van der Waals surface area contributed by atoms with E-state index in [0.717, 1.165) is 23.3 Å². The van der Waals surface area contributed by atoms with Gasteiger partial charge in [-0.05, 0) is 23.8 Å². The number of hydrogen-bond donors (Lipinski definition) is 2. The summed E-state index contributed by atoms with van der Waals surface area (Å²) in [5.74, 6) is 6.73. The average molecular weight is 282 g/mol. The highest BCUT2D eigenvalue weighted by Crippen LogP contribution is 2.10. The molecule has 1 amide bonds. The number of benzene rings is 1. The fourth-order valence-electron chi connectivity index (χ4n) is 1.90. The van der Waals surface area contributed by atoms with Crippen molar-refractivity contribution in [3.63, 3.8) is 0 Å². The molecule has 0 atom stereocenters. The molecule has 4 heteroatoms. The van der Waals surface area contributed by atoms with Crippen LogP contribution in [0, 0.1) is 11.8 Å². The summed E-state index contributed by atoms with van der Waals surface area (Å²) in [7, 11) is 0. The maximum Gasteiger partial charge on any atom is 0.287 e. The molecule has 0 radical (unpaired) electrons. The quantitative estimate of drug-likeness (QED) is 0.844. The van der Waals surface area contributed by atoms with Crippen LogP contribution in [0.3, 0.4) is 0 Å². The zero-order valence-electron chi connectivity index (χ0n) is 12.0. The Hall–Kier alpha value is -2.51. The van der Waals surface area contributed by atoms with E-state index in [-0.39, 0.29) is 5.91 Å². The summed E-state index contributed by atoms with van der Waals surface area (Å²) in [5, 5.41) is 2.84. The fourth-order valence-corrected chi connectivity index (χ4v) is 1.90. The van der Waals surface area contributed by atoms with E-state index in [2.05, 4.69) is 17.2 Å². The summed E-state index contributed by atoms with van der Waals surface area (Å²) in [6.45, 7) is 2.69. The highest BCUT2D eigenvalue weighted by atomic mass is 16.3. The van der Waals surface area contributed by atoms with Crippen LogP contribution in [0.25, 0.3) is 0 Å². The van der Waals surface area contributed by atoms with Gasteiger partial charge in [0.15, 0.2) is 5.76 Å². The maximum absolute atomic E-state index is 12.0. The smallest absolute Gasteiger partial charge is 0.287 e. The molecule has 1 aromatic heterocycles. The predicted molar refractivity (Wildman–Crippen MR) is 81.6 cm³/mol. The minimum atomic E-state index is -0.226. The van der Waals surface area contributed by atoms with Crippen LogP contribution in [0.1, 0.15) is 34.4 Å². The van der Waals surface area contributed by atoms with Crippen LogP contribution in [-0.4, -0.2) is 12.5 Å². The average Bonchev–Trinajstić information content (AvgIpc) is 3.00. The molecule has 0 fully saturated rings. The number of carbonyl (C=O) groups is 1. The van der Waals surface area contributed by atoms with Crippen LogP contribution in [0.5, 0.6) is 0 Å². The van der Waals surface area contributed by atoms with Gasteiger partial charge in [-0.2, -0.15) is 0 Å². The van der Waals surface area contributed by atoms with Crippen molar-refractivity contribution in [1.29, 1.82) is 0 Å². The van der Waals surface area contributed by atoms with Gasteiger partial charge in [0, 0.05) is 18.5 Å². The lowest BCUT2D eigenvalue weighted by Gasteiger charge is -2.06. The monoisotopic (exact) mass is 282 g/mol. The number of nitrogens with one attached hydrogen (secondary N) is 1. The van der Waals surface area contributed by atoms with Crippen LogP contribution in [-0.2, 0) is 13.0 Å². The highest BCUT2D eigenvalue weighted by molar-refractivity contribution is 5.91. The van der Waals surface area contributed by atoms with E-state index in [9.17, 15) is 4.79 Å². The normalized spacial score (nSPS) is 9.81. The molecule has 0 saturated heterocycles. The molecule has 3 N–H and O–H groups in total. The van der Waals surface area contributed by atoms with Crippen LogP contribution in [0.15, 0.2) is 40.8 Å². The molecule has 0 saturated carbocycles. The Kier molecular flexibility index (Phi) is 5.19. The molecule has 108 valence electrons. The Bertz CT molecular complexity index is 677. The number of nitrogens with two attached hydrogens (primary N) is 1. The number of furan rings is 1. The molecule has 0 aliphatic carbocycles. The molecule has 21 heavy (non-hydrogen) atoms. The summed E-state index contributed by atoms with van der Waals surface area (Å²) < 4.78 is 5.42. The van der Waals surface area contributed by atoms with Gasteiger partial charge in [0.2, 0.25) is 0 Å². The summed E-state index contributed by atoms with van der Waals surface area (Å²) in [4.78, 5) is 12.0. The minimum absolute atomic E-state index is 0.226. The first-order valence-corrected chi connectivity index (χ1v) is 6.88. The van der Waals surface area contributed by atoms with E-state index in [1.54, 1.807) is 6.07 Å². The van der Waals surface area contributed by atoms with Gasteiger partial charge in [-0.3, -0.25) is 4.79 Å². The molecular weight excluding hydrogens is 264 g/mol. The number of rotatable bonds is 4. The van der Waals surface area contributed by atoms with Crippen LogP contribution in [0.4, 0.5) is 0 Å². The Morgan fingerprint density at radius 3 is 2.81 bits per heavy atom. The molecule has 0 bridgehead atoms. The van der Waals surface area contributed by atoms with Crippen molar-refractivity contribution in [2.24, 2.45) is 5.73 Å². The number of hydrogen-bond acceptors (Lipinski definition) is 3. The second kappa shape index (κ2) is 7.32. The van der Waals surface area contributed by atoms with Crippen LogP contribution in [0.2, 0.25) is 0 Å². The predicted octanol–water partition coefficient (Wildman–Crippen LogP) is 2.08. The third kappa shape index (κ3) is 3.98.